The van der Waals surface area contributed by atoms with E-state index in [1.807, 2.05) is 0 Å². The molecule has 0 aromatic rings. The number of hydrogen-bond donors (Lipinski definition) is 1. The quantitative estimate of drug-likeness (QED) is 0.758. The fourth-order valence-corrected chi connectivity index (χ4v) is 4.71. The summed E-state index contributed by atoms with van der Waals surface area (Å²) in [5.74, 6) is 0. The minimum absolute atomic E-state index is 0.482. The summed E-state index contributed by atoms with van der Waals surface area (Å²) < 4.78 is 0. The van der Waals surface area contributed by atoms with E-state index in [4.69, 9.17) is 5.73 Å². The van der Waals surface area contributed by atoms with Gasteiger partial charge < -0.3 is 5.73 Å². The highest BCUT2D eigenvalue weighted by Gasteiger charge is 2.44. The summed E-state index contributed by atoms with van der Waals surface area (Å²) in [6, 6.07) is 2.98. The molecule has 0 amide bonds. The fraction of sp³-hybridized carbons (Fsp3) is 1.00. The molecule has 17 heavy (non-hydrogen) atoms. The number of fused-ring (bicyclic) bond motifs is 2. The van der Waals surface area contributed by atoms with E-state index in [2.05, 4.69) is 18.7 Å². The summed E-state index contributed by atoms with van der Waals surface area (Å²) >= 11 is 0. The highest BCUT2D eigenvalue weighted by Crippen LogP contribution is 2.44. The zero-order valence-corrected chi connectivity index (χ0v) is 11.5. The predicted octanol–water partition coefficient (Wildman–Crippen LogP) is 2.91. The number of hydrogen-bond acceptors (Lipinski definition) is 2. The first-order valence-corrected chi connectivity index (χ1v) is 7.58. The molecule has 2 heterocycles. The first-order chi connectivity index (χ1) is 8.05. The maximum absolute atomic E-state index is 6.21. The number of nitrogens with zero attached hydrogens (tertiary/aromatic N) is 1. The summed E-state index contributed by atoms with van der Waals surface area (Å²) in [5.41, 5.74) is 6.79. The van der Waals surface area contributed by atoms with Gasteiger partial charge >= 0.3 is 0 Å². The van der Waals surface area contributed by atoms with Crippen LogP contribution in [0.4, 0.5) is 0 Å². The van der Waals surface area contributed by atoms with Gasteiger partial charge in [0.15, 0.2) is 0 Å². The van der Waals surface area contributed by atoms with Crippen LogP contribution < -0.4 is 5.73 Å². The van der Waals surface area contributed by atoms with Gasteiger partial charge in [0.25, 0.3) is 0 Å². The summed E-state index contributed by atoms with van der Waals surface area (Å²) in [4.78, 5) is 2.90. The van der Waals surface area contributed by atoms with E-state index >= 15 is 0 Å². The Hall–Kier alpha value is -0.0800. The molecule has 0 radical (unpaired) electrons. The minimum atomic E-state index is 0.482. The first kappa shape index (κ1) is 12.0. The Balaban J connectivity index is 1.74. The zero-order valence-electron chi connectivity index (χ0n) is 11.5. The molecule has 1 saturated carbocycles. The van der Waals surface area contributed by atoms with Crippen LogP contribution in [0.15, 0.2) is 0 Å². The maximum Gasteiger partial charge on any atom is 0.0116 e. The highest BCUT2D eigenvalue weighted by atomic mass is 15.2. The summed E-state index contributed by atoms with van der Waals surface area (Å²) in [6.07, 6.45) is 11.0. The SMILES string of the molecule is CC1(C)CCC(N2C3CCCC2CC(N)C3)C1. The first-order valence-electron chi connectivity index (χ1n) is 7.58. The van der Waals surface area contributed by atoms with Gasteiger partial charge in [-0.1, -0.05) is 20.3 Å². The highest BCUT2D eigenvalue weighted by molar-refractivity contribution is 5.00. The third-order valence-electron chi connectivity index (χ3n) is 5.43. The topological polar surface area (TPSA) is 29.3 Å². The fourth-order valence-electron chi connectivity index (χ4n) is 4.71. The predicted molar refractivity (Wildman–Crippen MR) is 71.9 cm³/mol. The van der Waals surface area contributed by atoms with Crippen LogP contribution in [0, 0.1) is 5.41 Å². The molecule has 2 nitrogen and oxygen atoms in total. The molecule has 2 heteroatoms. The number of piperidine rings is 2. The second-order valence-corrected chi connectivity index (χ2v) is 7.48. The molecule has 2 aliphatic heterocycles. The molecule has 2 saturated heterocycles. The van der Waals surface area contributed by atoms with Crippen molar-refractivity contribution in [1.29, 1.82) is 0 Å². The Bertz CT molecular complexity index is 273. The Morgan fingerprint density at radius 2 is 1.65 bits per heavy atom. The normalized spacial score (nSPS) is 46.1. The lowest BCUT2D eigenvalue weighted by Crippen LogP contribution is -2.58. The standard InChI is InChI=1S/C15H28N2/c1-15(2)7-6-14(10-15)17-12-4-3-5-13(17)9-11(16)8-12/h11-14H,3-10,16H2,1-2H3. The number of rotatable bonds is 1. The van der Waals surface area contributed by atoms with E-state index in [1.54, 1.807) is 0 Å². The van der Waals surface area contributed by atoms with Gasteiger partial charge in [-0.15, -0.1) is 0 Å². The van der Waals surface area contributed by atoms with Crippen LogP contribution in [-0.4, -0.2) is 29.1 Å². The van der Waals surface area contributed by atoms with Crippen LogP contribution >= 0.6 is 0 Å². The van der Waals surface area contributed by atoms with E-state index in [1.165, 1.54) is 51.4 Å². The van der Waals surface area contributed by atoms with E-state index in [0.717, 1.165) is 18.1 Å². The molecule has 3 rings (SSSR count). The zero-order chi connectivity index (χ0) is 12.0. The van der Waals surface area contributed by atoms with Crippen LogP contribution in [0.1, 0.15) is 65.2 Å². The van der Waals surface area contributed by atoms with E-state index < -0.39 is 0 Å². The molecule has 98 valence electrons. The largest absolute Gasteiger partial charge is 0.328 e. The smallest absolute Gasteiger partial charge is 0.0116 e. The van der Waals surface area contributed by atoms with Gasteiger partial charge in [0.2, 0.25) is 0 Å². The molecule has 0 spiro atoms. The van der Waals surface area contributed by atoms with E-state index in [9.17, 15) is 0 Å². The number of nitrogens with two attached hydrogens (primary N) is 1. The Kier molecular flexibility index (Phi) is 2.99. The lowest BCUT2D eigenvalue weighted by molar-refractivity contribution is -0.00607. The Morgan fingerprint density at radius 3 is 2.18 bits per heavy atom. The second kappa shape index (κ2) is 4.24. The van der Waals surface area contributed by atoms with E-state index in [-0.39, 0.29) is 0 Å². The van der Waals surface area contributed by atoms with Crippen molar-refractivity contribution in [3.8, 4) is 0 Å². The van der Waals surface area contributed by atoms with Gasteiger partial charge in [-0.2, -0.15) is 0 Å². The van der Waals surface area contributed by atoms with Crippen LogP contribution in [0.5, 0.6) is 0 Å². The van der Waals surface area contributed by atoms with Crippen molar-refractivity contribution < 1.29 is 0 Å². The monoisotopic (exact) mass is 236 g/mol. The Labute approximate surface area is 106 Å². The van der Waals surface area contributed by atoms with Crippen LogP contribution in [0.3, 0.4) is 0 Å². The maximum atomic E-state index is 6.21. The Morgan fingerprint density at radius 1 is 1.00 bits per heavy atom. The van der Waals surface area contributed by atoms with Gasteiger partial charge in [0.05, 0.1) is 0 Å². The average Bonchev–Trinajstić information content (AvgIpc) is 2.57. The lowest BCUT2D eigenvalue weighted by atomic mass is 9.80. The van der Waals surface area contributed by atoms with Gasteiger partial charge in [-0.3, -0.25) is 4.90 Å². The van der Waals surface area contributed by atoms with Crippen LogP contribution in [0.25, 0.3) is 0 Å². The second-order valence-electron chi connectivity index (χ2n) is 7.48. The van der Waals surface area contributed by atoms with Crippen LogP contribution in [0.2, 0.25) is 0 Å². The van der Waals surface area contributed by atoms with Crippen molar-refractivity contribution in [3.05, 3.63) is 0 Å². The lowest BCUT2D eigenvalue weighted by Gasteiger charge is -2.51. The minimum Gasteiger partial charge on any atom is -0.328 e. The molecule has 3 atom stereocenters. The van der Waals surface area contributed by atoms with E-state index in [0.29, 0.717) is 11.5 Å². The third-order valence-corrected chi connectivity index (χ3v) is 5.43. The molecular weight excluding hydrogens is 208 g/mol. The summed E-state index contributed by atoms with van der Waals surface area (Å²) in [7, 11) is 0. The average molecular weight is 236 g/mol. The molecule has 3 fully saturated rings. The van der Waals surface area contributed by atoms with Crippen molar-refractivity contribution in [1.82, 2.24) is 4.90 Å². The molecule has 0 aromatic carbocycles. The van der Waals surface area contributed by atoms with Crippen molar-refractivity contribution in [2.75, 3.05) is 0 Å². The van der Waals surface area contributed by atoms with Crippen molar-refractivity contribution in [2.24, 2.45) is 11.1 Å². The molecule has 2 bridgehead atoms. The molecule has 3 unspecified atom stereocenters. The van der Waals surface area contributed by atoms with Gasteiger partial charge in [0, 0.05) is 24.2 Å². The molecule has 2 N–H and O–H groups in total. The van der Waals surface area contributed by atoms with Crippen molar-refractivity contribution in [3.63, 3.8) is 0 Å². The van der Waals surface area contributed by atoms with Gasteiger partial charge in [-0.25, -0.2) is 0 Å². The summed E-state index contributed by atoms with van der Waals surface area (Å²) in [5, 5.41) is 0. The van der Waals surface area contributed by atoms with Gasteiger partial charge in [0.1, 0.15) is 0 Å². The molecule has 3 aliphatic rings. The molecule has 0 aromatic heterocycles. The molecule has 1 aliphatic carbocycles. The van der Waals surface area contributed by atoms with Crippen molar-refractivity contribution in [2.45, 2.75) is 89.4 Å². The van der Waals surface area contributed by atoms with Crippen molar-refractivity contribution >= 4 is 0 Å². The molecular formula is C15H28N2. The van der Waals surface area contributed by atoms with Gasteiger partial charge in [-0.05, 0) is 50.4 Å². The third kappa shape index (κ3) is 2.26. The van der Waals surface area contributed by atoms with Crippen LogP contribution in [-0.2, 0) is 0 Å². The summed E-state index contributed by atoms with van der Waals surface area (Å²) in [6.45, 7) is 4.89.